The third-order valence-electron chi connectivity index (χ3n) is 3.50. The van der Waals surface area contributed by atoms with Gasteiger partial charge in [0, 0.05) is 42.7 Å². The fourth-order valence-corrected chi connectivity index (χ4v) is 2.30. The highest BCUT2D eigenvalue weighted by Gasteiger charge is 2.14. The fourth-order valence-electron chi connectivity index (χ4n) is 2.17. The minimum atomic E-state index is -0.366. The fraction of sp³-hybridized carbons (Fsp3) is 0.222. The Bertz CT molecular complexity index is 719. The van der Waals surface area contributed by atoms with Crippen LogP contribution in [-0.2, 0) is 16.1 Å². The summed E-state index contributed by atoms with van der Waals surface area (Å²) in [6.45, 7) is 1.75. The van der Waals surface area contributed by atoms with Crippen molar-refractivity contribution in [1.82, 2.24) is 4.90 Å². The van der Waals surface area contributed by atoms with Crippen molar-refractivity contribution in [3.63, 3.8) is 0 Å². The van der Waals surface area contributed by atoms with Crippen molar-refractivity contribution in [2.24, 2.45) is 0 Å². The minimum Gasteiger partial charge on any atom is -0.338 e. The van der Waals surface area contributed by atoms with E-state index >= 15 is 0 Å². The average molecular weight is 349 g/mol. The number of anilines is 1. The molecule has 0 bridgehead atoms. The minimum absolute atomic E-state index is 0.122. The molecule has 0 aliphatic heterocycles. The summed E-state index contributed by atoms with van der Waals surface area (Å²) in [6, 6.07) is 13.0. The zero-order valence-corrected chi connectivity index (χ0v) is 14.0. The van der Waals surface area contributed by atoms with Gasteiger partial charge in [-0.3, -0.25) is 9.59 Å². The number of nitrogens with one attached hydrogen (secondary N) is 1. The Kier molecular flexibility index (Phi) is 6.32. The van der Waals surface area contributed by atoms with Crippen LogP contribution in [0.5, 0.6) is 0 Å². The molecule has 6 heteroatoms. The smallest absolute Gasteiger partial charge is 0.226 e. The van der Waals surface area contributed by atoms with Gasteiger partial charge in [-0.05, 0) is 30.3 Å². The number of carbonyl (C=O) groups excluding carboxylic acids is 2. The van der Waals surface area contributed by atoms with Crippen LogP contribution in [-0.4, -0.2) is 23.3 Å². The van der Waals surface area contributed by atoms with Crippen LogP contribution in [0.1, 0.15) is 18.9 Å². The van der Waals surface area contributed by atoms with Crippen LogP contribution in [0.3, 0.4) is 0 Å². The first kappa shape index (κ1) is 17.9. The summed E-state index contributed by atoms with van der Waals surface area (Å²) in [5.74, 6) is -0.802. The summed E-state index contributed by atoms with van der Waals surface area (Å²) in [5, 5.41) is 3.31. The van der Waals surface area contributed by atoms with E-state index < -0.39 is 0 Å². The number of amides is 2. The molecule has 0 aliphatic carbocycles. The van der Waals surface area contributed by atoms with E-state index in [-0.39, 0.29) is 37.1 Å². The van der Waals surface area contributed by atoms with Crippen LogP contribution in [0, 0.1) is 5.82 Å². The molecule has 2 aromatic rings. The third-order valence-corrected chi connectivity index (χ3v) is 3.75. The molecule has 0 radical (unpaired) electrons. The lowest BCUT2D eigenvalue weighted by molar-refractivity contribution is -0.130. The molecule has 2 amide bonds. The average Bonchev–Trinajstić information content (AvgIpc) is 2.55. The summed E-state index contributed by atoms with van der Waals surface area (Å²) in [6.07, 6.45) is 0.122. The Hall–Kier alpha value is -2.40. The summed E-state index contributed by atoms with van der Waals surface area (Å²) < 4.78 is 13.7. The summed E-state index contributed by atoms with van der Waals surface area (Å²) in [7, 11) is 0. The van der Waals surface area contributed by atoms with E-state index in [0.29, 0.717) is 16.3 Å². The monoisotopic (exact) mass is 348 g/mol. The Morgan fingerprint density at radius 2 is 1.79 bits per heavy atom. The number of benzene rings is 2. The van der Waals surface area contributed by atoms with Gasteiger partial charge in [0.1, 0.15) is 5.82 Å². The highest BCUT2D eigenvalue weighted by molar-refractivity contribution is 6.30. The second-order valence-electron chi connectivity index (χ2n) is 5.34. The molecule has 1 N–H and O–H groups in total. The molecule has 0 aromatic heterocycles. The molecule has 0 fully saturated rings. The van der Waals surface area contributed by atoms with E-state index in [2.05, 4.69) is 5.32 Å². The Labute approximate surface area is 145 Å². The quantitative estimate of drug-likeness (QED) is 0.861. The maximum atomic E-state index is 13.7. The summed E-state index contributed by atoms with van der Waals surface area (Å²) in [5.41, 5.74) is 1.05. The number of rotatable bonds is 6. The second kappa shape index (κ2) is 8.45. The van der Waals surface area contributed by atoms with Crippen LogP contribution in [0.4, 0.5) is 10.1 Å². The summed E-state index contributed by atoms with van der Waals surface area (Å²) in [4.78, 5) is 25.2. The van der Waals surface area contributed by atoms with Crippen LogP contribution < -0.4 is 5.32 Å². The van der Waals surface area contributed by atoms with E-state index in [0.717, 1.165) is 0 Å². The lowest BCUT2D eigenvalue weighted by Crippen LogP contribution is -2.31. The van der Waals surface area contributed by atoms with Crippen LogP contribution in [0.25, 0.3) is 0 Å². The van der Waals surface area contributed by atoms with Gasteiger partial charge in [0.15, 0.2) is 0 Å². The Morgan fingerprint density at radius 3 is 2.42 bits per heavy atom. The SMILES string of the molecule is CC(=O)N(CCC(=O)Nc1ccc(Cl)cc1)Cc1ccccc1F. The Balaban J connectivity index is 1.91. The molecule has 4 nitrogen and oxygen atoms in total. The molecule has 126 valence electrons. The summed E-state index contributed by atoms with van der Waals surface area (Å²) >= 11 is 5.79. The lowest BCUT2D eigenvalue weighted by Gasteiger charge is -2.21. The Morgan fingerprint density at radius 1 is 1.12 bits per heavy atom. The normalized spacial score (nSPS) is 10.3. The molecule has 0 aliphatic rings. The lowest BCUT2D eigenvalue weighted by atomic mass is 10.2. The predicted molar refractivity (Wildman–Crippen MR) is 92.2 cm³/mol. The highest BCUT2D eigenvalue weighted by Crippen LogP contribution is 2.14. The highest BCUT2D eigenvalue weighted by atomic mass is 35.5. The second-order valence-corrected chi connectivity index (χ2v) is 5.77. The standard InChI is InChI=1S/C18H18ClFN2O2/c1-13(23)22(12-14-4-2-3-5-17(14)20)11-10-18(24)21-16-8-6-15(19)7-9-16/h2-9H,10-12H2,1H3,(H,21,24). The van der Waals surface area contributed by atoms with Crippen molar-refractivity contribution in [2.75, 3.05) is 11.9 Å². The van der Waals surface area contributed by atoms with Crippen LogP contribution in [0.2, 0.25) is 5.02 Å². The molecule has 0 atom stereocenters. The van der Waals surface area contributed by atoms with Gasteiger partial charge in [-0.2, -0.15) is 0 Å². The van der Waals surface area contributed by atoms with Crippen LogP contribution >= 0.6 is 11.6 Å². The van der Waals surface area contributed by atoms with Crippen molar-refractivity contribution in [3.8, 4) is 0 Å². The van der Waals surface area contributed by atoms with Gasteiger partial charge in [0.25, 0.3) is 0 Å². The molecule has 24 heavy (non-hydrogen) atoms. The molecule has 0 saturated carbocycles. The largest absolute Gasteiger partial charge is 0.338 e. The van der Waals surface area contributed by atoms with Crippen molar-refractivity contribution < 1.29 is 14.0 Å². The number of hydrogen-bond acceptors (Lipinski definition) is 2. The molecular formula is C18H18ClFN2O2. The van der Waals surface area contributed by atoms with E-state index in [1.165, 1.54) is 17.9 Å². The van der Waals surface area contributed by atoms with Crippen molar-refractivity contribution >= 4 is 29.1 Å². The zero-order valence-electron chi connectivity index (χ0n) is 13.3. The van der Waals surface area contributed by atoms with E-state index in [9.17, 15) is 14.0 Å². The topological polar surface area (TPSA) is 49.4 Å². The number of hydrogen-bond donors (Lipinski definition) is 1. The molecule has 2 rings (SSSR count). The molecular weight excluding hydrogens is 331 g/mol. The first-order valence-corrected chi connectivity index (χ1v) is 7.88. The molecule has 0 spiro atoms. The molecule has 0 saturated heterocycles. The maximum Gasteiger partial charge on any atom is 0.226 e. The number of nitrogens with zero attached hydrogens (tertiary/aromatic N) is 1. The number of carbonyl (C=O) groups is 2. The van der Waals surface area contributed by atoms with Gasteiger partial charge in [0.2, 0.25) is 11.8 Å². The third kappa shape index (κ3) is 5.35. The predicted octanol–water partition coefficient (Wildman–Crippen LogP) is 3.86. The molecule has 0 heterocycles. The van der Waals surface area contributed by atoms with Crippen molar-refractivity contribution in [2.45, 2.75) is 19.9 Å². The molecule has 2 aromatic carbocycles. The van der Waals surface area contributed by atoms with E-state index in [1.807, 2.05) is 0 Å². The molecule has 0 unspecified atom stereocenters. The zero-order chi connectivity index (χ0) is 17.5. The van der Waals surface area contributed by atoms with Crippen molar-refractivity contribution in [1.29, 1.82) is 0 Å². The first-order valence-electron chi connectivity index (χ1n) is 7.50. The van der Waals surface area contributed by atoms with E-state index in [1.54, 1.807) is 42.5 Å². The van der Waals surface area contributed by atoms with Gasteiger partial charge >= 0.3 is 0 Å². The first-order chi connectivity index (χ1) is 11.5. The van der Waals surface area contributed by atoms with Gasteiger partial charge in [-0.15, -0.1) is 0 Å². The van der Waals surface area contributed by atoms with Gasteiger partial charge in [-0.25, -0.2) is 4.39 Å². The van der Waals surface area contributed by atoms with Crippen LogP contribution in [0.15, 0.2) is 48.5 Å². The van der Waals surface area contributed by atoms with Crippen molar-refractivity contribution in [3.05, 3.63) is 64.9 Å². The maximum absolute atomic E-state index is 13.7. The van der Waals surface area contributed by atoms with Gasteiger partial charge < -0.3 is 10.2 Å². The number of halogens is 2. The van der Waals surface area contributed by atoms with E-state index in [4.69, 9.17) is 11.6 Å². The van der Waals surface area contributed by atoms with Gasteiger partial charge in [-0.1, -0.05) is 29.8 Å². The van der Waals surface area contributed by atoms with Gasteiger partial charge in [0.05, 0.1) is 0 Å².